The molecule has 0 aromatic carbocycles. The molecule has 0 atom stereocenters. The molecule has 0 spiro atoms. The van der Waals surface area contributed by atoms with Gasteiger partial charge in [-0.1, -0.05) is 0 Å². The first kappa shape index (κ1) is 7.55. The van der Waals surface area contributed by atoms with E-state index in [0.717, 1.165) is 14.6 Å². The fourth-order valence-corrected chi connectivity index (χ4v) is 1.68. The highest BCUT2D eigenvalue weighted by atomic mass is 127. The number of nitrogens with one attached hydrogen (secondary N) is 1. The lowest BCUT2D eigenvalue weighted by molar-refractivity contribution is 1.28. The minimum Gasteiger partial charge on any atom is -0.350 e. The molecule has 2 rings (SSSR count). The lowest BCUT2D eigenvalue weighted by atomic mass is 10.3. The van der Waals surface area contributed by atoms with Gasteiger partial charge in [-0.2, -0.15) is 5.26 Å². The van der Waals surface area contributed by atoms with E-state index in [-0.39, 0.29) is 0 Å². The van der Waals surface area contributed by atoms with Crippen LogP contribution in [0.1, 0.15) is 5.69 Å². The molecule has 0 bridgehead atoms. The molecule has 4 heteroatoms. The Morgan fingerprint density at radius 2 is 2.33 bits per heavy atom. The van der Waals surface area contributed by atoms with Gasteiger partial charge in [-0.3, -0.25) is 0 Å². The molecule has 2 heterocycles. The lowest BCUT2D eigenvalue weighted by Crippen LogP contribution is -1.79. The Morgan fingerprint density at radius 1 is 1.50 bits per heavy atom. The number of aromatic amines is 1. The first-order valence-electron chi connectivity index (χ1n) is 3.34. The van der Waals surface area contributed by atoms with Crippen LogP contribution in [0.4, 0.5) is 0 Å². The van der Waals surface area contributed by atoms with Gasteiger partial charge in [0, 0.05) is 11.6 Å². The smallest absolute Gasteiger partial charge is 0.142 e. The third kappa shape index (κ3) is 1.16. The van der Waals surface area contributed by atoms with Crippen molar-refractivity contribution in [1.82, 2.24) is 9.97 Å². The zero-order valence-corrected chi connectivity index (χ0v) is 8.16. The Bertz CT molecular complexity index is 467. The molecule has 0 aliphatic rings. The molecular formula is C8H4IN3. The fraction of sp³-hybridized carbons (Fsp3) is 0. The molecule has 0 radical (unpaired) electrons. The third-order valence-electron chi connectivity index (χ3n) is 1.59. The van der Waals surface area contributed by atoms with E-state index in [1.807, 2.05) is 12.1 Å². The van der Waals surface area contributed by atoms with E-state index in [9.17, 15) is 0 Å². The number of rotatable bonds is 0. The molecule has 0 aliphatic heterocycles. The Labute approximate surface area is 82.6 Å². The second-order valence-electron chi connectivity index (χ2n) is 2.39. The van der Waals surface area contributed by atoms with E-state index in [2.05, 4.69) is 32.6 Å². The molecule has 0 amide bonds. The van der Waals surface area contributed by atoms with Gasteiger partial charge in [0.15, 0.2) is 0 Å². The summed E-state index contributed by atoms with van der Waals surface area (Å²) in [6, 6.07) is 5.73. The minimum atomic E-state index is 0.445. The van der Waals surface area contributed by atoms with Gasteiger partial charge in [-0.15, -0.1) is 0 Å². The summed E-state index contributed by atoms with van der Waals surface area (Å²) in [6.45, 7) is 0. The molecule has 12 heavy (non-hydrogen) atoms. The highest BCUT2D eigenvalue weighted by molar-refractivity contribution is 14.1. The zero-order chi connectivity index (χ0) is 8.55. The van der Waals surface area contributed by atoms with Crippen molar-refractivity contribution >= 4 is 33.5 Å². The molecule has 0 saturated carbocycles. The number of nitriles is 1. The molecular weight excluding hydrogens is 265 g/mol. The number of hydrogen-bond acceptors (Lipinski definition) is 2. The van der Waals surface area contributed by atoms with Crippen LogP contribution in [0.25, 0.3) is 10.9 Å². The van der Waals surface area contributed by atoms with Crippen LogP contribution in [0.5, 0.6) is 0 Å². The molecule has 2 aromatic heterocycles. The van der Waals surface area contributed by atoms with Gasteiger partial charge in [0.2, 0.25) is 0 Å². The van der Waals surface area contributed by atoms with Gasteiger partial charge in [0.1, 0.15) is 11.8 Å². The van der Waals surface area contributed by atoms with Crippen molar-refractivity contribution in [2.75, 3.05) is 0 Å². The fourth-order valence-electron chi connectivity index (χ4n) is 1.05. The molecule has 3 nitrogen and oxygen atoms in total. The topological polar surface area (TPSA) is 52.5 Å². The highest BCUT2D eigenvalue weighted by Gasteiger charge is 1.99. The molecule has 2 aromatic rings. The van der Waals surface area contributed by atoms with Crippen molar-refractivity contribution in [3.8, 4) is 6.07 Å². The molecule has 1 N–H and O–H groups in total. The van der Waals surface area contributed by atoms with Crippen LogP contribution in [-0.2, 0) is 0 Å². The van der Waals surface area contributed by atoms with Gasteiger partial charge in [0.25, 0.3) is 0 Å². The van der Waals surface area contributed by atoms with Crippen molar-refractivity contribution in [2.24, 2.45) is 0 Å². The summed E-state index contributed by atoms with van der Waals surface area (Å²) >= 11 is 2.19. The van der Waals surface area contributed by atoms with Gasteiger partial charge in [0.05, 0.1) is 9.22 Å². The Kier molecular flexibility index (Phi) is 1.73. The van der Waals surface area contributed by atoms with Gasteiger partial charge in [-0.25, -0.2) is 4.98 Å². The summed E-state index contributed by atoms with van der Waals surface area (Å²) in [5, 5.41) is 9.62. The van der Waals surface area contributed by atoms with Crippen LogP contribution in [-0.4, -0.2) is 9.97 Å². The number of hydrogen-bond donors (Lipinski definition) is 1. The summed E-state index contributed by atoms with van der Waals surface area (Å²) in [5.41, 5.74) is 1.41. The van der Waals surface area contributed by atoms with Crippen LogP contribution in [0.2, 0.25) is 0 Å². The summed E-state index contributed by atoms with van der Waals surface area (Å²) < 4.78 is 1.06. The maximum Gasteiger partial charge on any atom is 0.142 e. The van der Waals surface area contributed by atoms with E-state index in [1.165, 1.54) is 0 Å². The number of aromatic nitrogens is 2. The number of H-pyrrole nitrogens is 1. The molecule has 0 unspecified atom stereocenters. The highest BCUT2D eigenvalue weighted by Crippen LogP contribution is 2.15. The molecule has 0 saturated heterocycles. The monoisotopic (exact) mass is 269 g/mol. The van der Waals surface area contributed by atoms with E-state index < -0.39 is 0 Å². The van der Waals surface area contributed by atoms with Gasteiger partial charge in [-0.05, 0) is 34.7 Å². The van der Waals surface area contributed by atoms with Crippen LogP contribution in [0.3, 0.4) is 0 Å². The van der Waals surface area contributed by atoms with Crippen molar-refractivity contribution in [3.63, 3.8) is 0 Å². The quantitative estimate of drug-likeness (QED) is 0.744. The zero-order valence-electron chi connectivity index (χ0n) is 6.00. The lowest BCUT2D eigenvalue weighted by Gasteiger charge is -1.87. The maximum absolute atomic E-state index is 8.58. The summed E-state index contributed by atoms with van der Waals surface area (Å²) in [7, 11) is 0. The average Bonchev–Trinajstić information content (AvgIpc) is 2.43. The standard InChI is InChI=1S/C8H4IN3/c9-8-1-5-4-11-6(3-10)2-7(5)12-8/h1-2,4,12H. The Morgan fingerprint density at radius 3 is 3.08 bits per heavy atom. The minimum absolute atomic E-state index is 0.445. The molecule has 58 valence electrons. The second-order valence-corrected chi connectivity index (χ2v) is 3.55. The van der Waals surface area contributed by atoms with Crippen LogP contribution in [0, 0.1) is 15.0 Å². The summed E-state index contributed by atoms with van der Waals surface area (Å²) in [6.07, 6.45) is 1.70. The molecule has 0 aliphatic carbocycles. The average molecular weight is 269 g/mol. The van der Waals surface area contributed by atoms with Crippen LogP contribution in [0.15, 0.2) is 18.3 Å². The van der Waals surface area contributed by atoms with E-state index >= 15 is 0 Å². The first-order valence-corrected chi connectivity index (χ1v) is 4.42. The van der Waals surface area contributed by atoms with Crippen LogP contribution >= 0.6 is 22.6 Å². The van der Waals surface area contributed by atoms with Crippen molar-refractivity contribution in [1.29, 1.82) is 5.26 Å². The van der Waals surface area contributed by atoms with Crippen molar-refractivity contribution in [3.05, 3.63) is 27.7 Å². The second kappa shape index (κ2) is 2.75. The molecule has 0 fully saturated rings. The number of nitrogens with zero attached hydrogens (tertiary/aromatic N) is 2. The number of halogens is 1. The van der Waals surface area contributed by atoms with Gasteiger partial charge >= 0.3 is 0 Å². The first-order chi connectivity index (χ1) is 5.79. The van der Waals surface area contributed by atoms with Crippen LogP contribution < -0.4 is 0 Å². The largest absolute Gasteiger partial charge is 0.350 e. The van der Waals surface area contributed by atoms with E-state index in [0.29, 0.717) is 5.69 Å². The third-order valence-corrected chi connectivity index (χ3v) is 2.17. The predicted molar refractivity (Wildman–Crippen MR) is 53.5 cm³/mol. The Hall–Kier alpha value is -1.09. The van der Waals surface area contributed by atoms with E-state index in [4.69, 9.17) is 5.26 Å². The Balaban J connectivity index is 2.77. The van der Waals surface area contributed by atoms with Crippen molar-refractivity contribution in [2.45, 2.75) is 0 Å². The predicted octanol–water partition coefficient (Wildman–Crippen LogP) is 2.04. The number of fused-ring (bicyclic) bond motifs is 1. The SMILES string of the molecule is N#Cc1cc2[nH]c(I)cc2cn1. The summed E-state index contributed by atoms with van der Waals surface area (Å²) in [4.78, 5) is 7.08. The number of pyridine rings is 1. The maximum atomic E-state index is 8.58. The normalized spacial score (nSPS) is 10.0. The summed E-state index contributed by atoms with van der Waals surface area (Å²) in [5.74, 6) is 0. The van der Waals surface area contributed by atoms with Gasteiger partial charge < -0.3 is 4.98 Å². The van der Waals surface area contributed by atoms with Crippen molar-refractivity contribution < 1.29 is 0 Å². The van der Waals surface area contributed by atoms with E-state index in [1.54, 1.807) is 12.3 Å².